The molecule has 0 aliphatic heterocycles. The van der Waals surface area contributed by atoms with Gasteiger partial charge in [-0.1, -0.05) is 48.5 Å². The maximum absolute atomic E-state index is 13.7. The van der Waals surface area contributed by atoms with Crippen molar-refractivity contribution in [1.29, 1.82) is 0 Å². The van der Waals surface area contributed by atoms with E-state index in [0.717, 1.165) is 42.6 Å². The van der Waals surface area contributed by atoms with Crippen molar-refractivity contribution in [3.05, 3.63) is 101 Å². The van der Waals surface area contributed by atoms with E-state index in [-0.39, 0.29) is 47.7 Å². The Bertz CT molecular complexity index is 1460. The molecule has 3 atom stereocenters. The average molecular weight is 537 g/mol. The number of carboxylic acid groups (broad SMARTS) is 1. The number of benzene rings is 3. The number of carboxylic acids is 1. The summed E-state index contributed by atoms with van der Waals surface area (Å²) in [5, 5.41) is 38.5. The van der Waals surface area contributed by atoms with Crippen LogP contribution >= 0.6 is 0 Å². The van der Waals surface area contributed by atoms with Gasteiger partial charge in [-0.05, 0) is 72.4 Å². The number of fused-ring (bicyclic) bond motifs is 2. The van der Waals surface area contributed by atoms with Gasteiger partial charge < -0.3 is 20.1 Å². The van der Waals surface area contributed by atoms with Gasteiger partial charge in [0.2, 0.25) is 0 Å². The molecule has 8 heteroatoms. The number of aliphatic hydroxyl groups excluding tert-OH is 2. The van der Waals surface area contributed by atoms with Crippen molar-refractivity contribution in [1.82, 2.24) is 9.78 Å². The smallest absolute Gasteiger partial charge is 0.550 e. The van der Waals surface area contributed by atoms with Crippen molar-refractivity contribution in [2.75, 3.05) is 0 Å². The SMILES string of the molecule is O=C([O-])C[C@H](O)C[C@H](O)/C=C/c1c2c(nn1-c1ccc(F)cc1)C(Cc1cccc3ccccc13)CCC2.[Na+]. The third-order valence-electron chi connectivity index (χ3n) is 7.23. The third kappa shape index (κ3) is 6.86. The van der Waals surface area contributed by atoms with E-state index < -0.39 is 24.6 Å². The van der Waals surface area contributed by atoms with Gasteiger partial charge in [0.15, 0.2) is 0 Å². The molecule has 1 aliphatic carbocycles. The molecule has 0 fully saturated rings. The Kier molecular flexibility index (Phi) is 9.75. The van der Waals surface area contributed by atoms with Crippen LogP contribution in [0.4, 0.5) is 4.39 Å². The summed E-state index contributed by atoms with van der Waals surface area (Å²) in [4.78, 5) is 10.7. The van der Waals surface area contributed by atoms with E-state index in [1.165, 1.54) is 28.5 Å². The van der Waals surface area contributed by atoms with Gasteiger partial charge in [0.05, 0.1) is 29.3 Å². The van der Waals surface area contributed by atoms with Crippen LogP contribution in [0.25, 0.3) is 22.5 Å². The fourth-order valence-electron chi connectivity index (χ4n) is 5.45. The fourth-order valence-corrected chi connectivity index (χ4v) is 5.45. The van der Waals surface area contributed by atoms with E-state index in [2.05, 4.69) is 36.4 Å². The number of carbonyl (C=O) groups excluding carboxylic acids is 1. The summed E-state index contributed by atoms with van der Waals surface area (Å²) < 4.78 is 15.5. The normalized spacial score (nSPS) is 16.5. The van der Waals surface area contributed by atoms with Crippen LogP contribution in [0.3, 0.4) is 0 Å². The number of hydrogen-bond acceptors (Lipinski definition) is 5. The summed E-state index contributed by atoms with van der Waals surface area (Å²) in [6.07, 6.45) is 4.05. The quantitative estimate of drug-likeness (QED) is 0.312. The van der Waals surface area contributed by atoms with Crippen LogP contribution in [0.2, 0.25) is 0 Å². The molecule has 6 nitrogen and oxygen atoms in total. The number of hydrogen-bond donors (Lipinski definition) is 2. The summed E-state index contributed by atoms with van der Waals surface area (Å²) in [5.74, 6) is -1.50. The van der Waals surface area contributed by atoms with Crippen molar-refractivity contribution >= 4 is 22.8 Å². The Morgan fingerprint density at radius 2 is 1.85 bits per heavy atom. The van der Waals surface area contributed by atoms with E-state index in [1.54, 1.807) is 29.0 Å². The topological polar surface area (TPSA) is 98.4 Å². The van der Waals surface area contributed by atoms with Crippen LogP contribution < -0.4 is 34.7 Å². The minimum atomic E-state index is -1.37. The van der Waals surface area contributed by atoms with Gasteiger partial charge in [0.1, 0.15) is 5.82 Å². The molecule has 1 heterocycles. The largest absolute Gasteiger partial charge is 1.00 e. The van der Waals surface area contributed by atoms with Gasteiger partial charge >= 0.3 is 29.6 Å². The van der Waals surface area contributed by atoms with E-state index in [1.807, 2.05) is 6.07 Å². The van der Waals surface area contributed by atoms with Gasteiger partial charge in [0, 0.05) is 30.3 Å². The standard InChI is InChI=1S/C31H31FN2O4.Na/c32-23-11-13-24(14-12-23)34-29(16-15-25(35)18-26(36)19-30(37)38)28-10-4-8-22(31(28)33-34)17-21-7-3-6-20-5-1-2-9-27(20)21;/h1-3,5-7,9,11-16,22,25-26,35-36H,4,8,10,17-19H2,(H,37,38);/q;+1/p-1/b16-15+;/t22?,25-,26-;/m1./s1. The number of aliphatic hydroxyl groups is 2. The zero-order chi connectivity index (χ0) is 26.6. The van der Waals surface area contributed by atoms with Crippen molar-refractivity contribution in [2.24, 2.45) is 0 Å². The zero-order valence-electron chi connectivity index (χ0n) is 22.0. The zero-order valence-corrected chi connectivity index (χ0v) is 24.0. The van der Waals surface area contributed by atoms with E-state index >= 15 is 0 Å². The molecule has 0 amide bonds. The summed E-state index contributed by atoms with van der Waals surface area (Å²) in [6.45, 7) is 0. The van der Waals surface area contributed by atoms with Crippen molar-refractivity contribution in [3.63, 3.8) is 0 Å². The van der Waals surface area contributed by atoms with Crippen molar-refractivity contribution in [3.8, 4) is 5.69 Å². The minimum absolute atomic E-state index is 0. The minimum Gasteiger partial charge on any atom is -0.550 e. The maximum Gasteiger partial charge on any atom is 1.00 e. The number of rotatable bonds is 9. The predicted molar refractivity (Wildman–Crippen MR) is 142 cm³/mol. The fraction of sp³-hybridized carbons (Fsp3) is 0.290. The molecule has 0 saturated carbocycles. The number of nitrogens with zero attached hydrogens (tertiary/aromatic N) is 2. The molecule has 0 bridgehead atoms. The molecule has 1 aromatic heterocycles. The summed E-state index contributed by atoms with van der Waals surface area (Å²) in [6, 6.07) is 20.9. The molecule has 0 spiro atoms. The third-order valence-corrected chi connectivity index (χ3v) is 7.23. The van der Waals surface area contributed by atoms with Crippen LogP contribution in [0.1, 0.15) is 54.1 Å². The Labute approximate surface area is 249 Å². The average Bonchev–Trinajstić information content (AvgIpc) is 3.27. The van der Waals surface area contributed by atoms with Gasteiger partial charge in [0.25, 0.3) is 0 Å². The molecule has 196 valence electrons. The van der Waals surface area contributed by atoms with E-state index in [4.69, 9.17) is 5.10 Å². The molecule has 1 aliphatic rings. The Balaban J connectivity index is 0.00000353. The molecule has 4 aromatic rings. The number of halogens is 1. The number of aromatic nitrogens is 2. The predicted octanol–water partition coefficient (Wildman–Crippen LogP) is 1.10. The van der Waals surface area contributed by atoms with Gasteiger partial charge in [-0.15, -0.1) is 0 Å². The number of carbonyl (C=O) groups is 1. The number of aliphatic carboxylic acids is 1. The molecule has 39 heavy (non-hydrogen) atoms. The van der Waals surface area contributed by atoms with Crippen LogP contribution in [0, 0.1) is 5.82 Å². The van der Waals surface area contributed by atoms with Gasteiger partial charge in [-0.25, -0.2) is 9.07 Å². The first kappa shape index (κ1) is 29.2. The Hall–Kier alpha value is -2.81. The first-order chi connectivity index (χ1) is 18.4. The summed E-state index contributed by atoms with van der Waals surface area (Å²) >= 11 is 0. The van der Waals surface area contributed by atoms with Crippen LogP contribution in [0.15, 0.2) is 72.8 Å². The molecule has 0 saturated heterocycles. The van der Waals surface area contributed by atoms with Crippen LogP contribution in [-0.4, -0.2) is 38.2 Å². The molecular formula is C31H30FN2NaO4. The van der Waals surface area contributed by atoms with Gasteiger partial charge in [-0.3, -0.25) is 0 Å². The van der Waals surface area contributed by atoms with Crippen molar-refractivity contribution in [2.45, 2.75) is 56.7 Å². The maximum atomic E-state index is 13.7. The van der Waals surface area contributed by atoms with Gasteiger partial charge in [-0.2, -0.15) is 5.10 Å². The monoisotopic (exact) mass is 536 g/mol. The Morgan fingerprint density at radius 1 is 1.10 bits per heavy atom. The van der Waals surface area contributed by atoms with E-state index in [9.17, 15) is 24.5 Å². The second kappa shape index (κ2) is 13.0. The first-order valence-corrected chi connectivity index (χ1v) is 13.0. The summed E-state index contributed by atoms with van der Waals surface area (Å²) in [7, 11) is 0. The van der Waals surface area contributed by atoms with Crippen molar-refractivity contribution < 1.29 is 54.1 Å². The molecule has 3 aromatic carbocycles. The van der Waals surface area contributed by atoms with Crippen LogP contribution in [-0.2, 0) is 17.6 Å². The molecule has 0 radical (unpaired) electrons. The summed E-state index contributed by atoms with van der Waals surface area (Å²) in [5.41, 5.74) is 4.86. The second-order valence-corrected chi connectivity index (χ2v) is 9.96. The molecule has 5 rings (SSSR count). The molecular weight excluding hydrogens is 506 g/mol. The first-order valence-electron chi connectivity index (χ1n) is 13.0. The molecule has 1 unspecified atom stereocenters. The molecule has 2 N–H and O–H groups in total. The van der Waals surface area contributed by atoms with Crippen LogP contribution in [0.5, 0.6) is 0 Å². The Morgan fingerprint density at radius 3 is 2.62 bits per heavy atom. The second-order valence-electron chi connectivity index (χ2n) is 9.96. The van der Waals surface area contributed by atoms with E-state index in [0.29, 0.717) is 5.69 Å².